The third kappa shape index (κ3) is 3.54. The number of primary amides is 1. The number of nitrogens with two attached hydrogens (primary N) is 1. The Morgan fingerprint density at radius 2 is 1.95 bits per heavy atom. The van der Waals surface area contributed by atoms with Gasteiger partial charge in [-0.1, -0.05) is 25.0 Å². The smallest absolute Gasteiger partial charge is 0.254 e. The highest BCUT2D eigenvalue weighted by Gasteiger charge is 2.25. The summed E-state index contributed by atoms with van der Waals surface area (Å²) in [6, 6.07) is 7.75. The van der Waals surface area contributed by atoms with Gasteiger partial charge in [0.1, 0.15) is 0 Å². The molecule has 0 atom stereocenters. The van der Waals surface area contributed by atoms with E-state index in [-0.39, 0.29) is 17.6 Å². The maximum Gasteiger partial charge on any atom is 0.254 e. The molecule has 0 spiro atoms. The molecular formula is C15H20N2O2S. The van der Waals surface area contributed by atoms with Crippen LogP contribution in [0.15, 0.2) is 29.2 Å². The van der Waals surface area contributed by atoms with Crippen molar-refractivity contribution >= 4 is 23.6 Å². The van der Waals surface area contributed by atoms with Gasteiger partial charge >= 0.3 is 0 Å². The van der Waals surface area contributed by atoms with Crippen molar-refractivity contribution < 1.29 is 9.59 Å². The summed E-state index contributed by atoms with van der Waals surface area (Å²) >= 11 is 1.32. The van der Waals surface area contributed by atoms with Crippen LogP contribution in [0, 0.1) is 0 Å². The van der Waals surface area contributed by atoms with Crippen molar-refractivity contribution in [3.05, 3.63) is 29.8 Å². The van der Waals surface area contributed by atoms with E-state index in [0.717, 1.165) is 17.7 Å². The second-order valence-corrected chi connectivity index (χ2v) is 6.12. The number of carbonyl (C=O) groups is 2. The molecule has 2 amide bonds. The van der Waals surface area contributed by atoms with Crippen molar-refractivity contribution in [3.63, 3.8) is 0 Å². The van der Waals surface area contributed by atoms with Crippen molar-refractivity contribution in [2.45, 2.75) is 36.6 Å². The quantitative estimate of drug-likeness (QED) is 0.847. The molecule has 1 aromatic rings. The third-order valence-electron chi connectivity index (χ3n) is 3.68. The zero-order valence-corrected chi connectivity index (χ0v) is 12.5. The van der Waals surface area contributed by atoms with Gasteiger partial charge in [0.05, 0.1) is 11.3 Å². The highest BCUT2D eigenvalue weighted by Crippen LogP contribution is 2.27. The average Bonchev–Trinajstić information content (AvgIpc) is 2.98. The number of benzene rings is 1. The maximum absolute atomic E-state index is 12.6. The first kappa shape index (κ1) is 14.9. The first-order chi connectivity index (χ1) is 9.59. The number of rotatable bonds is 5. The van der Waals surface area contributed by atoms with Gasteiger partial charge in [0, 0.05) is 18.0 Å². The molecule has 108 valence electrons. The van der Waals surface area contributed by atoms with Crippen LogP contribution in [-0.4, -0.2) is 35.6 Å². The van der Waals surface area contributed by atoms with E-state index < -0.39 is 0 Å². The minimum Gasteiger partial charge on any atom is -0.369 e. The molecule has 4 nitrogen and oxygen atoms in total. The predicted molar refractivity (Wildman–Crippen MR) is 80.7 cm³/mol. The van der Waals surface area contributed by atoms with Crippen LogP contribution in [0.4, 0.5) is 0 Å². The number of hydrogen-bond donors (Lipinski definition) is 1. The zero-order valence-electron chi connectivity index (χ0n) is 11.7. The second kappa shape index (κ2) is 6.79. The van der Waals surface area contributed by atoms with Crippen LogP contribution < -0.4 is 5.73 Å². The van der Waals surface area contributed by atoms with Crippen LogP contribution in [-0.2, 0) is 4.79 Å². The Morgan fingerprint density at radius 3 is 2.60 bits per heavy atom. The molecule has 1 aromatic carbocycles. The summed E-state index contributed by atoms with van der Waals surface area (Å²) in [5.74, 6) is -0.150. The van der Waals surface area contributed by atoms with Gasteiger partial charge in [0.15, 0.2) is 0 Å². The third-order valence-corrected chi connectivity index (χ3v) is 4.78. The van der Waals surface area contributed by atoms with Crippen molar-refractivity contribution in [2.24, 2.45) is 5.73 Å². The van der Waals surface area contributed by atoms with E-state index >= 15 is 0 Å². The van der Waals surface area contributed by atoms with Gasteiger partial charge in [-0.3, -0.25) is 9.59 Å². The van der Waals surface area contributed by atoms with Crippen LogP contribution in [0.5, 0.6) is 0 Å². The number of thioether (sulfide) groups is 1. The molecule has 0 bridgehead atoms. The van der Waals surface area contributed by atoms with Crippen LogP contribution in [0.25, 0.3) is 0 Å². The van der Waals surface area contributed by atoms with Crippen LogP contribution in [0.2, 0.25) is 0 Å². The van der Waals surface area contributed by atoms with Crippen LogP contribution in [0.3, 0.4) is 0 Å². The molecule has 0 aliphatic heterocycles. The summed E-state index contributed by atoms with van der Waals surface area (Å²) < 4.78 is 0. The molecule has 5 heteroatoms. The monoisotopic (exact) mass is 292 g/mol. The van der Waals surface area contributed by atoms with Crippen LogP contribution >= 0.6 is 11.8 Å². The average molecular weight is 292 g/mol. The summed E-state index contributed by atoms with van der Waals surface area (Å²) in [4.78, 5) is 26.2. The predicted octanol–water partition coefficient (Wildman–Crippen LogP) is 2.28. The maximum atomic E-state index is 12.6. The fraction of sp³-hybridized carbons (Fsp3) is 0.467. The molecule has 1 fully saturated rings. The van der Waals surface area contributed by atoms with Gasteiger partial charge in [0.2, 0.25) is 5.91 Å². The Balaban J connectivity index is 2.13. The minimum absolute atomic E-state index is 0.0319. The van der Waals surface area contributed by atoms with E-state index in [1.165, 1.54) is 24.6 Å². The minimum atomic E-state index is -0.374. The van der Waals surface area contributed by atoms with Gasteiger partial charge in [-0.25, -0.2) is 0 Å². The highest BCUT2D eigenvalue weighted by atomic mass is 32.2. The van der Waals surface area contributed by atoms with Gasteiger partial charge in [-0.2, -0.15) is 0 Å². The summed E-state index contributed by atoms with van der Waals surface area (Å²) in [5, 5.41) is 0. The van der Waals surface area contributed by atoms with E-state index in [0.29, 0.717) is 11.6 Å². The largest absolute Gasteiger partial charge is 0.369 e. The Hall–Kier alpha value is -1.49. The fourth-order valence-electron chi connectivity index (χ4n) is 2.57. The van der Waals surface area contributed by atoms with Crippen LogP contribution in [0.1, 0.15) is 36.0 Å². The van der Waals surface area contributed by atoms with E-state index in [4.69, 9.17) is 5.73 Å². The molecule has 1 aliphatic carbocycles. The summed E-state index contributed by atoms with van der Waals surface area (Å²) in [5.41, 5.74) is 5.83. The second-order valence-electron chi connectivity index (χ2n) is 5.11. The molecule has 0 saturated heterocycles. The summed E-state index contributed by atoms with van der Waals surface area (Å²) in [6.07, 6.45) is 4.55. The molecule has 20 heavy (non-hydrogen) atoms. The van der Waals surface area contributed by atoms with E-state index in [2.05, 4.69) is 0 Å². The Bertz CT molecular complexity index is 498. The molecule has 0 heterocycles. The van der Waals surface area contributed by atoms with E-state index in [1.54, 1.807) is 0 Å². The first-order valence-corrected chi connectivity index (χ1v) is 7.85. The topological polar surface area (TPSA) is 63.4 Å². The molecule has 1 saturated carbocycles. The van der Waals surface area contributed by atoms with Gasteiger partial charge in [0.25, 0.3) is 5.91 Å². The molecule has 0 aromatic heterocycles. The summed E-state index contributed by atoms with van der Waals surface area (Å²) in [7, 11) is 1.87. The Morgan fingerprint density at radius 1 is 1.30 bits per heavy atom. The normalized spacial score (nSPS) is 15.2. The Labute approximate surface area is 123 Å². The van der Waals surface area contributed by atoms with E-state index in [1.807, 2.05) is 36.2 Å². The molecule has 0 radical (unpaired) electrons. The fourth-order valence-corrected chi connectivity index (χ4v) is 3.35. The lowest BCUT2D eigenvalue weighted by atomic mass is 10.1. The molecule has 1 aliphatic rings. The lowest BCUT2D eigenvalue weighted by molar-refractivity contribution is -0.115. The number of amides is 2. The number of carbonyl (C=O) groups excluding carboxylic acids is 2. The molecule has 0 unspecified atom stereocenters. The number of hydrogen-bond acceptors (Lipinski definition) is 3. The van der Waals surface area contributed by atoms with Crippen molar-refractivity contribution in [2.75, 3.05) is 12.8 Å². The first-order valence-electron chi connectivity index (χ1n) is 6.87. The molecule has 2 rings (SSSR count). The SMILES string of the molecule is CN(C(=O)c1ccccc1SCC(N)=O)C1CCCC1. The van der Waals surface area contributed by atoms with E-state index in [9.17, 15) is 9.59 Å². The zero-order chi connectivity index (χ0) is 14.5. The number of nitrogens with zero attached hydrogens (tertiary/aromatic N) is 1. The van der Waals surface area contributed by atoms with Gasteiger partial charge in [-0.05, 0) is 25.0 Å². The van der Waals surface area contributed by atoms with Crippen molar-refractivity contribution in [3.8, 4) is 0 Å². The molecule has 2 N–H and O–H groups in total. The lowest BCUT2D eigenvalue weighted by Gasteiger charge is -2.25. The van der Waals surface area contributed by atoms with Gasteiger partial charge < -0.3 is 10.6 Å². The highest BCUT2D eigenvalue weighted by molar-refractivity contribution is 8.00. The standard InChI is InChI=1S/C15H20N2O2S/c1-17(11-6-2-3-7-11)15(19)12-8-4-5-9-13(12)20-10-14(16)18/h4-5,8-9,11H,2-3,6-7,10H2,1H3,(H2,16,18). The van der Waals surface area contributed by atoms with Gasteiger partial charge in [-0.15, -0.1) is 11.8 Å². The van der Waals surface area contributed by atoms with Crippen molar-refractivity contribution in [1.82, 2.24) is 4.90 Å². The van der Waals surface area contributed by atoms with Crippen molar-refractivity contribution in [1.29, 1.82) is 0 Å². The lowest BCUT2D eigenvalue weighted by Crippen LogP contribution is -2.35. The summed E-state index contributed by atoms with van der Waals surface area (Å²) in [6.45, 7) is 0. The molecular weight excluding hydrogens is 272 g/mol. The Kier molecular flexibility index (Phi) is 5.06.